The molecule has 2 rings (SSSR count). The Labute approximate surface area is 91.9 Å². The van der Waals surface area contributed by atoms with E-state index in [4.69, 9.17) is 10.8 Å². The molecule has 0 bridgehead atoms. The summed E-state index contributed by atoms with van der Waals surface area (Å²) in [4.78, 5) is 10.8. The number of aromatic carboxylic acids is 1. The Bertz CT molecular complexity index is 593. The summed E-state index contributed by atoms with van der Waals surface area (Å²) in [5.74, 6) is -1.16. The number of benzene rings is 1. The van der Waals surface area contributed by atoms with Crippen molar-refractivity contribution in [3.05, 3.63) is 29.0 Å². The number of carboxylic acid groups (broad SMARTS) is 1. The molecule has 82 valence electrons. The molecule has 0 fully saturated rings. The molecular formula is C11H11N3O2. The molecule has 3 N–H and O–H groups in total. The molecule has 0 amide bonds. The maximum Gasteiger partial charge on any atom is 0.358 e. The van der Waals surface area contributed by atoms with Gasteiger partial charge in [0.1, 0.15) is 0 Å². The van der Waals surface area contributed by atoms with E-state index in [1.807, 2.05) is 26.0 Å². The standard InChI is InChI=1S/C11H11N3O2/c1-5-3-7-8(4-6(5)2)13-14-10(9(7)12)11(15)16/h3-4H,1-2H3,(H2,12,13)(H,15,16). The lowest BCUT2D eigenvalue weighted by molar-refractivity contribution is 0.0691. The fourth-order valence-electron chi connectivity index (χ4n) is 1.54. The number of rotatable bonds is 1. The first-order valence-electron chi connectivity index (χ1n) is 4.77. The summed E-state index contributed by atoms with van der Waals surface area (Å²) in [7, 11) is 0. The van der Waals surface area contributed by atoms with Crippen molar-refractivity contribution in [3.8, 4) is 0 Å². The molecule has 1 aromatic carbocycles. The molecule has 0 saturated carbocycles. The summed E-state index contributed by atoms with van der Waals surface area (Å²) in [6.45, 7) is 3.90. The molecule has 0 aliphatic carbocycles. The van der Waals surface area contributed by atoms with Gasteiger partial charge < -0.3 is 10.8 Å². The average Bonchev–Trinajstić information content (AvgIpc) is 2.21. The Balaban J connectivity index is 2.84. The fraction of sp³-hybridized carbons (Fsp3) is 0.182. The second-order valence-electron chi connectivity index (χ2n) is 3.72. The molecule has 0 aliphatic rings. The molecule has 0 aliphatic heterocycles. The molecular weight excluding hydrogens is 206 g/mol. The van der Waals surface area contributed by atoms with Crippen molar-refractivity contribution in [2.75, 3.05) is 5.73 Å². The number of aryl methyl sites for hydroxylation is 2. The second kappa shape index (κ2) is 3.44. The Morgan fingerprint density at radius 2 is 1.88 bits per heavy atom. The zero-order valence-electron chi connectivity index (χ0n) is 8.98. The number of carbonyl (C=O) groups is 1. The maximum absolute atomic E-state index is 10.8. The minimum absolute atomic E-state index is 0.167. The van der Waals surface area contributed by atoms with Crippen molar-refractivity contribution >= 4 is 22.6 Å². The van der Waals surface area contributed by atoms with Crippen LogP contribution in [0.3, 0.4) is 0 Å². The van der Waals surface area contributed by atoms with Gasteiger partial charge in [-0.3, -0.25) is 0 Å². The minimum Gasteiger partial charge on any atom is -0.476 e. The van der Waals surface area contributed by atoms with Gasteiger partial charge in [0.2, 0.25) is 0 Å². The van der Waals surface area contributed by atoms with E-state index in [1.165, 1.54) is 0 Å². The fourth-order valence-corrected chi connectivity index (χ4v) is 1.54. The molecule has 5 heteroatoms. The first-order valence-corrected chi connectivity index (χ1v) is 4.77. The van der Waals surface area contributed by atoms with Gasteiger partial charge in [-0.05, 0) is 37.1 Å². The normalized spacial score (nSPS) is 10.6. The molecule has 5 nitrogen and oxygen atoms in total. The Morgan fingerprint density at radius 1 is 1.25 bits per heavy atom. The van der Waals surface area contributed by atoms with Gasteiger partial charge in [0, 0.05) is 5.39 Å². The van der Waals surface area contributed by atoms with Gasteiger partial charge in [0.05, 0.1) is 11.2 Å². The van der Waals surface area contributed by atoms with Gasteiger partial charge >= 0.3 is 5.97 Å². The van der Waals surface area contributed by atoms with Crippen molar-refractivity contribution in [1.82, 2.24) is 10.2 Å². The van der Waals surface area contributed by atoms with Gasteiger partial charge in [-0.1, -0.05) is 0 Å². The van der Waals surface area contributed by atoms with Crippen LogP contribution in [0.1, 0.15) is 21.6 Å². The number of nitrogens with zero attached hydrogens (tertiary/aromatic N) is 2. The predicted octanol–water partition coefficient (Wildman–Crippen LogP) is 1.53. The van der Waals surface area contributed by atoms with Gasteiger partial charge in [0.15, 0.2) is 5.69 Å². The van der Waals surface area contributed by atoms with Crippen LogP contribution < -0.4 is 5.73 Å². The number of carboxylic acids is 1. The van der Waals surface area contributed by atoms with E-state index < -0.39 is 5.97 Å². The summed E-state index contributed by atoms with van der Waals surface area (Å²) in [6.07, 6.45) is 0. The highest BCUT2D eigenvalue weighted by molar-refractivity contribution is 6.01. The van der Waals surface area contributed by atoms with Crippen LogP contribution in [-0.2, 0) is 0 Å². The van der Waals surface area contributed by atoms with Crippen LogP contribution in [0, 0.1) is 13.8 Å². The first kappa shape index (κ1) is 10.4. The summed E-state index contributed by atoms with van der Waals surface area (Å²) in [6, 6.07) is 3.68. The average molecular weight is 217 g/mol. The summed E-state index contributed by atoms with van der Waals surface area (Å²) in [5, 5.41) is 17.0. The minimum atomic E-state index is -1.16. The summed E-state index contributed by atoms with van der Waals surface area (Å²) < 4.78 is 0. The lowest BCUT2D eigenvalue weighted by Crippen LogP contribution is -2.08. The molecule has 1 aromatic heterocycles. The zero-order valence-corrected chi connectivity index (χ0v) is 8.98. The van der Waals surface area contributed by atoms with Crippen LogP contribution in [-0.4, -0.2) is 21.3 Å². The van der Waals surface area contributed by atoms with Crippen LogP contribution in [0.5, 0.6) is 0 Å². The van der Waals surface area contributed by atoms with Crippen LogP contribution in [0.4, 0.5) is 5.69 Å². The number of anilines is 1. The Hall–Kier alpha value is -2.17. The maximum atomic E-state index is 10.8. The number of aromatic nitrogens is 2. The topological polar surface area (TPSA) is 89.1 Å². The highest BCUT2D eigenvalue weighted by Gasteiger charge is 2.14. The lowest BCUT2D eigenvalue weighted by Gasteiger charge is -2.06. The molecule has 0 radical (unpaired) electrons. The number of hydrogen-bond acceptors (Lipinski definition) is 4. The summed E-state index contributed by atoms with van der Waals surface area (Å²) >= 11 is 0. The third kappa shape index (κ3) is 1.46. The first-order chi connectivity index (χ1) is 7.50. The van der Waals surface area contributed by atoms with Crippen molar-refractivity contribution in [1.29, 1.82) is 0 Å². The molecule has 0 spiro atoms. The van der Waals surface area contributed by atoms with Crippen molar-refractivity contribution in [2.24, 2.45) is 0 Å². The van der Waals surface area contributed by atoms with E-state index in [0.29, 0.717) is 10.9 Å². The Morgan fingerprint density at radius 3 is 2.50 bits per heavy atom. The molecule has 0 saturated heterocycles. The van der Waals surface area contributed by atoms with Gasteiger partial charge in [-0.2, -0.15) is 0 Å². The van der Waals surface area contributed by atoms with Crippen LogP contribution >= 0.6 is 0 Å². The van der Waals surface area contributed by atoms with E-state index in [2.05, 4.69) is 10.2 Å². The van der Waals surface area contributed by atoms with Crippen LogP contribution in [0.25, 0.3) is 10.9 Å². The highest BCUT2D eigenvalue weighted by atomic mass is 16.4. The molecule has 16 heavy (non-hydrogen) atoms. The van der Waals surface area contributed by atoms with Crippen molar-refractivity contribution < 1.29 is 9.90 Å². The van der Waals surface area contributed by atoms with Gasteiger partial charge in [-0.25, -0.2) is 4.79 Å². The number of hydrogen-bond donors (Lipinski definition) is 2. The molecule has 0 atom stereocenters. The summed E-state index contributed by atoms with van der Waals surface area (Å²) in [5.41, 5.74) is 8.46. The SMILES string of the molecule is Cc1cc2nnc(C(=O)O)c(N)c2cc1C. The number of nitrogens with two attached hydrogens (primary N) is 1. The smallest absolute Gasteiger partial charge is 0.358 e. The van der Waals surface area contributed by atoms with Gasteiger partial charge in [0.25, 0.3) is 0 Å². The lowest BCUT2D eigenvalue weighted by atomic mass is 10.1. The molecule has 1 heterocycles. The van der Waals surface area contributed by atoms with E-state index in [9.17, 15) is 4.79 Å². The Kier molecular flexibility index (Phi) is 2.23. The second-order valence-corrected chi connectivity index (χ2v) is 3.72. The number of fused-ring (bicyclic) bond motifs is 1. The van der Waals surface area contributed by atoms with E-state index in [-0.39, 0.29) is 11.4 Å². The van der Waals surface area contributed by atoms with Crippen LogP contribution in [0.15, 0.2) is 12.1 Å². The van der Waals surface area contributed by atoms with E-state index in [0.717, 1.165) is 11.1 Å². The monoisotopic (exact) mass is 217 g/mol. The molecule has 2 aromatic rings. The van der Waals surface area contributed by atoms with E-state index >= 15 is 0 Å². The zero-order chi connectivity index (χ0) is 11.9. The van der Waals surface area contributed by atoms with Gasteiger partial charge in [-0.15, -0.1) is 10.2 Å². The third-order valence-corrected chi connectivity index (χ3v) is 2.62. The van der Waals surface area contributed by atoms with E-state index in [1.54, 1.807) is 0 Å². The number of nitrogen functional groups attached to an aromatic ring is 1. The highest BCUT2D eigenvalue weighted by Crippen LogP contribution is 2.24. The predicted molar refractivity (Wildman–Crippen MR) is 60.4 cm³/mol. The van der Waals surface area contributed by atoms with Crippen LogP contribution in [0.2, 0.25) is 0 Å². The van der Waals surface area contributed by atoms with Crippen molar-refractivity contribution in [2.45, 2.75) is 13.8 Å². The largest absolute Gasteiger partial charge is 0.476 e. The third-order valence-electron chi connectivity index (χ3n) is 2.62. The molecule has 0 unspecified atom stereocenters. The quantitative estimate of drug-likeness (QED) is 0.756. The van der Waals surface area contributed by atoms with Crippen molar-refractivity contribution in [3.63, 3.8) is 0 Å².